The number of ether oxygens (including phenoxy) is 1. The molecule has 0 amide bonds. The maximum Gasteiger partial charge on any atom is 0.360 e. The van der Waals surface area contributed by atoms with Crippen molar-refractivity contribution in [2.24, 2.45) is 11.8 Å². The van der Waals surface area contributed by atoms with Gasteiger partial charge in [0, 0.05) is 0 Å². The molecule has 1 aliphatic carbocycles. The Hall–Kier alpha value is -1.39. The maximum absolute atomic E-state index is 11.7. The van der Waals surface area contributed by atoms with Crippen molar-refractivity contribution in [1.82, 2.24) is 15.0 Å². The summed E-state index contributed by atoms with van der Waals surface area (Å²) in [5.74, 6) is 1.07. The highest BCUT2D eigenvalue weighted by atomic mass is 16.5. The summed E-state index contributed by atoms with van der Waals surface area (Å²) in [6.45, 7) is 6.62. The SMILES string of the molecule is CCc1c(C(=O)OC)nnn1C1CCC(C)C(C)C1. The third-order valence-corrected chi connectivity index (χ3v) is 4.42. The average molecular weight is 265 g/mol. The summed E-state index contributed by atoms with van der Waals surface area (Å²) in [5, 5.41) is 8.22. The van der Waals surface area contributed by atoms with Crippen LogP contribution in [0.3, 0.4) is 0 Å². The molecule has 3 unspecified atom stereocenters. The van der Waals surface area contributed by atoms with Crippen molar-refractivity contribution in [3.8, 4) is 0 Å². The zero-order valence-electron chi connectivity index (χ0n) is 12.2. The van der Waals surface area contributed by atoms with E-state index in [0.29, 0.717) is 17.7 Å². The predicted octanol–water partition coefficient (Wildman–Crippen LogP) is 2.62. The van der Waals surface area contributed by atoms with Crippen LogP contribution in [0.25, 0.3) is 0 Å². The number of aromatic nitrogens is 3. The van der Waals surface area contributed by atoms with Gasteiger partial charge >= 0.3 is 5.97 Å². The molecule has 5 nitrogen and oxygen atoms in total. The van der Waals surface area contributed by atoms with Gasteiger partial charge in [0.15, 0.2) is 5.69 Å². The van der Waals surface area contributed by atoms with Crippen molar-refractivity contribution >= 4 is 5.97 Å². The van der Waals surface area contributed by atoms with Crippen LogP contribution in [0.15, 0.2) is 0 Å². The lowest BCUT2D eigenvalue weighted by atomic mass is 9.79. The van der Waals surface area contributed by atoms with E-state index in [2.05, 4.69) is 24.2 Å². The average Bonchev–Trinajstić information content (AvgIpc) is 2.84. The fourth-order valence-corrected chi connectivity index (χ4v) is 2.93. The third kappa shape index (κ3) is 2.65. The number of carbonyl (C=O) groups excluding carboxylic acids is 1. The van der Waals surface area contributed by atoms with Crippen molar-refractivity contribution in [2.75, 3.05) is 7.11 Å². The number of nitrogens with zero attached hydrogens (tertiary/aromatic N) is 3. The lowest BCUT2D eigenvalue weighted by molar-refractivity contribution is 0.0592. The standard InChI is InChI=1S/C14H23N3O2/c1-5-12-13(14(18)19-4)15-16-17(12)11-7-6-9(2)10(3)8-11/h9-11H,5-8H2,1-4H3. The highest BCUT2D eigenvalue weighted by molar-refractivity contribution is 5.88. The van der Waals surface area contributed by atoms with E-state index in [1.165, 1.54) is 13.5 Å². The van der Waals surface area contributed by atoms with E-state index < -0.39 is 0 Å². The molecular weight excluding hydrogens is 242 g/mol. The van der Waals surface area contributed by atoms with Crippen LogP contribution in [0.1, 0.15) is 62.3 Å². The minimum Gasteiger partial charge on any atom is -0.464 e. The van der Waals surface area contributed by atoms with Crippen molar-refractivity contribution in [1.29, 1.82) is 0 Å². The second-order valence-corrected chi connectivity index (χ2v) is 5.60. The van der Waals surface area contributed by atoms with Crippen LogP contribution < -0.4 is 0 Å². The summed E-state index contributed by atoms with van der Waals surface area (Å²) in [4.78, 5) is 11.7. The van der Waals surface area contributed by atoms with Crippen molar-refractivity contribution in [3.05, 3.63) is 11.4 Å². The maximum atomic E-state index is 11.7. The van der Waals surface area contributed by atoms with Crippen LogP contribution in [-0.4, -0.2) is 28.1 Å². The molecule has 0 aliphatic heterocycles. The van der Waals surface area contributed by atoms with Crippen LogP contribution in [0.2, 0.25) is 0 Å². The Balaban J connectivity index is 2.25. The lowest BCUT2D eigenvalue weighted by Gasteiger charge is -2.32. The van der Waals surface area contributed by atoms with Crippen LogP contribution in [0.5, 0.6) is 0 Å². The second-order valence-electron chi connectivity index (χ2n) is 5.60. The number of carbonyl (C=O) groups is 1. The van der Waals surface area contributed by atoms with Gasteiger partial charge in [0.1, 0.15) is 0 Å². The van der Waals surface area contributed by atoms with Gasteiger partial charge in [0.2, 0.25) is 0 Å². The van der Waals surface area contributed by atoms with Crippen LogP contribution >= 0.6 is 0 Å². The smallest absolute Gasteiger partial charge is 0.360 e. The summed E-state index contributed by atoms with van der Waals surface area (Å²) in [6, 6.07) is 0.368. The Bertz CT molecular complexity index is 456. The third-order valence-electron chi connectivity index (χ3n) is 4.42. The number of hydrogen-bond donors (Lipinski definition) is 0. The summed E-state index contributed by atoms with van der Waals surface area (Å²) in [5.41, 5.74) is 1.27. The van der Waals surface area contributed by atoms with E-state index in [9.17, 15) is 4.79 Å². The Morgan fingerprint density at radius 2 is 2.11 bits per heavy atom. The molecule has 106 valence electrons. The molecule has 3 atom stereocenters. The second kappa shape index (κ2) is 5.72. The van der Waals surface area contributed by atoms with Crippen LogP contribution in [-0.2, 0) is 11.2 Å². The highest BCUT2D eigenvalue weighted by Gasteiger charge is 2.29. The number of methoxy groups -OCH3 is 1. The van der Waals surface area contributed by atoms with Gasteiger partial charge in [-0.2, -0.15) is 0 Å². The molecule has 2 rings (SSSR count). The first-order valence-corrected chi connectivity index (χ1v) is 7.10. The molecule has 1 fully saturated rings. The molecular formula is C14H23N3O2. The molecule has 0 saturated heterocycles. The van der Waals surface area contributed by atoms with Crippen molar-refractivity contribution in [2.45, 2.75) is 52.5 Å². The van der Waals surface area contributed by atoms with Crippen molar-refractivity contribution in [3.63, 3.8) is 0 Å². The molecule has 1 saturated carbocycles. The van der Waals surface area contributed by atoms with Gasteiger partial charge in [-0.05, 0) is 37.5 Å². The fraction of sp³-hybridized carbons (Fsp3) is 0.786. The first kappa shape index (κ1) is 14.0. The molecule has 1 aromatic heterocycles. The molecule has 1 aliphatic rings. The summed E-state index contributed by atoms with van der Waals surface area (Å²) in [6.07, 6.45) is 4.18. The monoisotopic (exact) mass is 265 g/mol. The predicted molar refractivity (Wildman–Crippen MR) is 72.0 cm³/mol. The molecule has 1 heterocycles. The topological polar surface area (TPSA) is 57.0 Å². The van der Waals surface area contributed by atoms with Crippen LogP contribution in [0.4, 0.5) is 0 Å². The Morgan fingerprint density at radius 3 is 2.68 bits per heavy atom. The minimum absolute atomic E-state index is 0.368. The van der Waals surface area contributed by atoms with Gasteiger partial charge in [-0.15, -0.1) is 5.10 Å². The van der Waals surface area contributed by atoms with Gasteiger partial charge in [-0.3, -0.25) is 0 Å². The first-order valence-electron chi connectivity index (χ1n) is 7.10. The van der Waals surface area contributed by atoms with Gasteiger partial charge in [-0.1, -0.05) is 26.0 Å². The number of rotatable bonds is 3. The number of hydrogen-bond acceptors (Lipinski definition) is 4. The van der Waals surface area contributed by atoms with Gasteiger partial charge in [0.25, 0.3) is 0 Å². The van der Waals surface area contributed by atoms with E-state index >= 15 is 0 Å². The largest absolute Gasteiger partial charge is 0.464 e. The van der Waals surface area contributed by atoms with Gasteiger partial charge in [0.05, 0.1) is 18.8 Å². The van der Waals surface area contributed by atoms with E-state index in [4.69, 9.17) is 4.74 Å². The summed E-state index contributed by atoms with van der Waals surface area (Å²) >= 11 is 0. The normalized spacial score (nSPS) is 27.3. The Morgan fingerprint density at radius 1 is 1.37 bits per heavy atom. The van der Waals surface area contributed by atoms with E-state index in [1.54, 1.807) is 0 Å². The number of esters is 1. The molecule has 0 N–H and O–H groups in total. The zero-order chi connectivity index (χ0) is 14.0. The van der Waals surface area contributed by atoms with Crippen LogP contribution in [0, 0.1) is 11.8 Å². The molecule has 0 radical (unpaired) electrons. The quantitative estimate of drug-likeness (QED) is 0.788. The molecule has 0 bridgehead atoms. The fourth-order valence-electron chi connectivity index (χ4n) is 2.93. The van der Waals surface area contributed by atoms with Gasteiger partial charge < -0.3 is 4.74 Å². The summed E-state index contributed by atoms with van der Waals surface area (Å²) < 4.78 is 6.72. The highest BCUT2D eigenvalue weighted by Crippen LogP contribution is 2.36. The molecule has 0 spiro atoms. The van der Waals surface area contributed by atoms with Gasteiger partial charge in [-0.25, -0.2) is 9.48 Å². The van der Waals surface area contributed by atoms with E-state index in [-0.39, 0.29) is 5.97 Å². The molecule has 19 heavy (non-hydrogen) atoms. The summed E-state index contributed by atoms with van der Waals surface area (Å²) in [7, 11) is 1.38. The van der Waals surface area contributed by atoms with Crippen molar-refractivity contribution < 1.29 is 9.53 Å². The molecule has 0 aromatic carbocycles. The Labute approximate surface area is 114 Å². The zero-order valence-corrected chi connectivity index (χ0v) is 12.2. The van der Waals surface area contributed by atoms with E-state index in [1.807, 2.05) is 11.6 Å². The minimum atomic E-state index is -0.389. The molecule has 1 aromatic rings. The Kier molecular flexibility index (Phi) is 4.22. The first-order chi connectivity index (χ1) is 9.08. The molecule has 5 heteroatoms. The lowest BCUT2D eigenvalue weighted by Crippen LogP contribution is -2.25. The van der Waals surface area contributed by atoms with E-state index in [0.717, 1.165) is 30.9 Å².